The van der Waals surface area contributed by atoms with Gasteiger partial charge in [0, 0.05) is 24.4 Å². The topological polar surface area (TPSA) is 149 Å². The second kappa shape index (κ2) is 7.61. The zero-order valence-corrected chi connectivity index (χ0v) is 15.5. The number of H-pyrrole nitrogens is 1. The number of thioether (sulfide) groups is 1. The zero-order chi connectivity index (χ0) is 19.6. The summed E-state index contributed by atoms with van der Waals surface area (Å²) in [6.45, 7) is 3.34. The minimum atomic E-state index is -0.489. The van der Waals surface area contributed by atoms with Crippen LogP contribution in [0.4, 0.5) is 5.82 Å². The molecule has 3 aromatic rings. The average molecular weight is 392 g/mol. The maximum absolute atomic E-state index is 12.2. The molecule has 0 aliphatic carbocycles. The van der Waals surface area contributed by atoms with Crippen LogP contribution in [-0.2, 0) is 18.3 Å². The molecule has 0 saturated heterocycles. The molecule has 12 heteroatoms. The molecule has 0 saturated carbocycles. The number of carbonyl (C=O) groups is 1. The van der Waals surface area contributed by atoms with Crippen LogP contribution >= 0.6 is 11.8 Å². The summed E-state index contributed by atoms with van der Waals surface area (Å²) in [5.41, 5.74) is -0.114. The van der Waals surface area contributed by atoms with Crippen LogP contribution in [0, 0.1) is 13.8 Å². The summed E-state index contributed by atoms with van der Waals surface area (Å²) < 4.78 is 11.3. The van der Waals surface area contributed by atoms with Gasteiger partial charge >= 0.3 is 5.69 Å². The highest BCUT2D eigenvalue weighted by Crippen LogP contribution is 2.18. The maximum Gasteiger partial charge on any atom is 0.328 e. The molecule has 3 aromatic heterocycles. The van der Waals surface area contributed by atoms with Crippen LogP contribution in [0.1, 0.15) is 22.9 Å². The van der Waals surface area contributed by atoms with Crippen molar-refractivity contribution in [1.29, 1.82) is 0 Å². The number of anilines is 1. The fourth-order valence-corrected chi connectivity index (χ4v) is 2.81. The summed E-state index contributed by atoms with van der Waals surface area (Å²) in [4.78, 5) is 38.2. The predicted octanol–water partition coefficient (Wildman–Crippen LogP) is 0.383. The lowest BCUT2D eigenvalue weighted by Crippen LogP contribution is -2.36. The monoisotopic (exact) mass is 392 g/mol. The van der Waals surface area contributed by atoms with Crippen molar-refractivity contribution in [2.75, 3.05) is 11.1 Å². The van der Waals surface area contributed by atoms with E-state index in [-0.39, 0.29) is 29.2 Å². The molecule has 0 unspecified atom stereocenters. The molecule has 142 valence electrons. The van der Waals surface area contributed by atoms with Gasteiger partial charge in [0.1, 0.15) is 5.76 Å². The van der Waals surface area contributed by atoms with E-state index in [2.05, 4.69) is 25.7 Å². The number of amides is 1. The second-order valence-corrected chi connectivity index (χ2v) is 6.62. The van der Waals surface area contributed by atoms with Crippen molar-refractivity contribution in [3.63, 3.8) is 0 Å². The number of carbonyl (C=O) groups excluding carboxylic acids is 1. The van der Waals surface area contributed by atoms with Gasteiger partial charge in [0.05, 0.1) is 12.2 Å². The minimum Gasteiger partial charge on any atom is -0.416 e. The Kier molecular flexibility index (Phi) is 5.26. The molecule has 27 heavy (non-hydrogen) atoms. The number of hydrogen-bond acceptors (Lipinski definition) is 9. The maximum atomic E-state index is 12.2. The molecule has 0 aliphatic rings. The lowest BCUT2D eigenvalue weighted by Gasteiger charge is -2.04. The molecule has 3 heterocycles. The van der Waals surface area contributed by atoms with Crippen LogP contribution in [0.25, 0.3) is 0 Å². The molecule has 0 fully saturated rings. The molecule has 3 rings (SSSR count). The number of nitrogens with one attached hydrogen (secondary N) is 2. The Labute approximate surface area is 156 Å². The lowest BCUT2D eigenvalue weighted by atomic mass is 10.2. The molecular weight excluding hydrogens is 376 g/mol. The molecule has 0 bridgehead atoms. The van der Waals surface area contributed by atoms with E-state index in [0.29, 0.717) is 22.8 Å². The third-order valence-corrected chi connectivity index (χ3v) is 4.43. The zero-order valence-electron chi connectivity index (χ0n) is 14.7. The highest BCUT2D eigenvalue weighted by molar-refractivity contribution is 7.99. The second-order valence-electron chi connectivity index (χ2n) is 5.70. The van der Waals surface area contributed by atoms with E-state index in [1.54, 1.807) is 19.9 Å². The molecule has 1 amide bonds. The lowest BCUT2D eigenvalue weighted by molar-refractivity contribution is -0.113. The quantitative estimate of drug-likeness (QED) is 0.568. The first-order chi connectivity index (χ1) is 12.8. The van der Waals surface area contributed by atoms with Gasteiger partial charge in [0.15, 0.2) is 5.82 Å². The van der Waals surface area contributed by atoms with E-state index in [1.807, 2.05) is 0 Å². The van der Waals surface area contributed by atoms with Gasteiger partial charge in [0.25, 0.3) is 10.8 Å². The van der Waals surface area contributed by atoms with E-state index in [4.69, 9.17) is 8.94 Å². The Morgan fingerprint density at radius 1 is 1.33 bits per heavy atom. The predicted molar refractivity (Wildman–Crippen MR) is 94.7 cm³/mol. The summed E-state index contributed by atoms with van der Waals surface area (Å²) >= 11 is 1.05. The fraction of sp³-hybridized carbons (Fsp3) is 0.333. The first-order valence-electron chi connectivity index (χ1n) is 7.80. The third kappa shape index (κ3) is 4.34. The van der Waals surface area contributed by atoms with Crippen molar-refractivity contribution in [3.8, 4) is 0 Å². The summed E-state index contributed by atoms with van der Waals surface area (Å²) in [5.74, 6) is 0.847. The molecule has 0 spiro atoms. The van der Waals surface area contributed by atoms with Crippen LogP contribution < -0.4 is 16.6 Å². The first kappa shape index (κ1) is 18.6. The summed E-state index contributed by atoms with van der Waals surface area (Å²) in [6, 6.07) is 1.60. The number of aromatic nitrogens is 5. The highest BCUT2D eigenvalue weighted by Gasteiger charge is 2.15. The normalized spacial score (nSPS) is 10.9. The van der Waals surface area contributed by atoms with Gasteiger partial charge in [-0.05, 0) is 13.8 Å². The van der Waals surface area contributed by atoms with Crippen LogP contribution in [0.5, 0.6) is 0 Å². The Morgan fingerprint density at radius 3 is 2.81 bits per heavy atom. The smallest absolute Gasteiger partial charge is 0.328 e. The van der Waals surface area contributed by atoms with Gasteiger partial charge in [-0.25, -0.2) is 4.79 Å². The Hall–Kier alpha value is -3.15. The van der Waals surface area contributed by atoms with Gasteiger partial charge in [0.2, 0.25) is 11.8 Å². The number of aryl methyl sites for hydroxylation is 2. The van der Waals surface area contributed by atoms with Crippen LogP contribution in [0.3, 0.4) is 0 Å². The van der Waals surface area contributed by atoms with Crippen LogP contribution in [0.15, 0.2) is 29.8 Å². The van der Waals surface area contributed by atoms with Gasteiger partial charge < -0.3 is 19.2 Å². The number of aromatic amines is 1. The van der Waals surface area contributed by atoms with Crippen LogP contribution in [0.2, 0.25) is 0 Å². The highest BCUT2D eigenvalue weighted by atomic mass is 32.2. The number of nitrogens with zero attached hydrogens (tertiary/aromatic N) is 4. The largest absolute Gasteiger partial charge is 0.416 e. The van der Waals surface area contributed by atoms with E-state index >= 15 is 0 Å². The number of hydrogen-bond donors (Lipinski definition) is 2. The van der Waals surface area contributed by atoms with Crippen molar-refractivity contribution >= 4 is 23.5 Å². The van der Waals surface area contributed by atoms with E-state index in [0.717, 1.165) is 16.3 Å². The Morgan fingerprint density at radius 2 is 2.11 bits per heavy atom. The van der Waals surface area contributed by atoms with Gasteiger partial charge in [-0.15, -0.1) is 10.2 Å². The summed E-state index contributed by atoms with van der Waals surface area (Å²) in [6.07, 6.45) is 0.0766. The SMILES string of the molecule is Cc1cc(NC(=O)CSc2nnc(Cc3c(C)[nH]c(=O)n(C)c3=O)o2)no1. The van der Waals surface area contributed by atoms with E-state index in [1.165, 1.54) is 7.05 Å². The first-order valence-corrected chi connectivity index (χ1v) is 8.79. The molecule has 0 atom stereocenters. The fourth-order valence-electron chi connectivity index (χ4n) is 2.23. The van der Waals surface area contributed by atoms with Gasteiger partial charge in [-0.3, -0.25) is 14.2 Å². The van der Waals surface area contributed by atoms with E-state index in [9.17, 15) is 14.4 Å². The Balaban J connectivity index is 1.62. The van der Waals surface area contributed by atoms with Crippen molar-refractivity contribution in [2.45, 2.75) is 25.5 Å². The Bertz CT molecular complexity index is 1090. The van der Waals surface area contributed by atoms with Gasteiger partial charge in [-0.2, -0.15) is 0 Å². The van der Waals surface area contributed by atoms with Crippen LogP contribution in [-0.4, -0.2) is 36.6 Å². The molecular formula is C15H16N6O5S. The summed E-state index contributed by atoms with van der Waals surface area (Å²) in [7, 11) is 1.38. The minimum absolute atomic E-state index is 0.0347. The average Bonchev–Trinajstić information content (AvgIpc) is 3.24. The van der Waals surface area contributed by atoms with Crippen molar-refractivity contribution in [2.24, 2.45) is 7.05 Å². The molecule has 0 aliphatic heterocycles. The van der Waals surface area contributed by atoms with Crippen molar-refractivity contribution in [3.05, 3.63) is 49.8 Å². The number of rotatable bonds is 6. The molecule has 0 radical (unpaired) electrons. The standard InChI is InChI=1S/C15H16N6O5S/c1-7-4-10(20-26-7)17-11(22)6-27-15-19-18-12(25-15)5-9-8(2)16-14(24)21(3)13(9)23/h4H,5-6H2,1-3H3,(H,16,24)(H,17,20,22). The van der Waals surface area contributed by atoms with Crippen molar-refractivity contribution in [1.82, 2.24) is 24.9 Å². The third-order valence-electron chi connectivity index (χ3n) is 3.61. The van der Waals surface area contributed by atoms with Crippen molar-refractivity contribution < 1.29 is 13.7 Å². The molecule has 11 nitrogen and oxygen atoms in total. The summed E-state index contributed by atoms with van der Waals surface area (Å²) in [5, 5.41) is 14.2. The van der Waals surface area contributed by atoms with Gasteiger partial charge in [-0.1, -0.05) is 16.9 Å². The molecule has 0 aromatic carbocycles. The van der Waals surface area contributed by atoms with E-state index < -0.39 is 11.2 Å². The molecule has 2 N–H and O–H groups in total.